The molecule has 1 aromatic carbocycles. The third-order valence-electron chi connectivity index (χ3n) is 3.52. The molecule has 0 atom stereocenters. The third-order valence-corrected chi connectivity index (χ3v) is 4.43. The van der Waals surface area contributed by atoms with Gasteiger partial charge in [-0.05, 0) is 43.3 Å². The van der Waals surface area contributed by atoms with Gasteiger partial charge in [-0.3, -0.25) is 0 Å². The molecule has 0 bridgehead atoms. The van der Waals surface area contributed by atoms with Crippen molar-refractivity contribution >= 4 is 46.2 Å². The molecule has 0 aliphatic heterocycles. The van der Waals surface area contributed by atoms with E-state index in [1.54, 1.807) is 6.07 Å². The van der Waals surface area contributed by atoms with E-state index in [0.717, 1.165) is 23.9 Å². The van der Waals surface area contributed by atoms with Gasteiger partial charge in [0.05, 0.1) is 10.7 Å². The minimum absolute atomic E-state index is 0.594. The van der Waals surface area contributed by atoms with Crippen LogP contribution in [0.1, 0.15) is 52.4 Å². The molecule has 124 valence electrons. The number of anilines is 1. The van der Waals surface area contributed by atoms with Gasteiger partial charge in [0.1, 0.15) is 0 Å². The van der Waals surface area contributed by atoms with Gasteiger partial charge in [0, 0.05) is 18.1 Å². The van der Waals surface area contributed by atoms with Crippen molar-refractivity contribution in [1.82, 2.24) is 4.90 Å². The Morgan fingerprint density at radius 2 is 1.64 bits per heavy atom. The summed E-state index contributed by atoms with van der Waals surface area (Å²) in [6.45, 7) is 6.42. The molecule has 2 nitrogen and oxygen atoms in total. The van der Waals surface area contributed by atoms with E-state index in [2.05, 4.69) is 24.1 Å². The van der Waals surface area contributed by atoms with E-state index in [0.29, 0.717) is 10.0 Å². The van der Waals surface area contributed by atoms with Crippen molar-refractivity contribution in [3.05, 3.63) is 28.2 Å². The second kappa shape index (κ2) is 11.1. The first-order valence-corrected chi connectivity index (χ1v) is 9.25. The molecule has 1 aromatic rings. The molecule has 22 heavy (non-hydrogen) atoms. The average Bonchev–Trinajstić information content (AvgIpc) is 2.48. The molecule has 1 N–H and O–H groups in total. The lowest BCUT2D eigenvalue weighted by Crippen LogP contribution is -2.36. The van der Waals surface area contributed by atoms with E-state index in [9.17, 15) is 0 Å². The quantitative estimate of drug-likeness (QED) is 0.406. The van der Waals surface area contributed by atoms with Gasteiger partial charge in [-0.1, -0.05) is 62.7 Å². The average molecular weight is 361 g/mol. The fraction of sp³-hybridized carbons (Fsp3) is 0.588. The Bertz CT molecular complexity index is 456. The summed E-state index contributed by atoms with van der Waals surface area (Å²) in [4.78, 5) is 2.26. The molecule has 0 fully saturated rings. The molecule has 0 heterocycles. The first kappa shape index (κ1) is 19.5. The van der Waals surface area contributed by atoms with Crippen LogP contribution in [0.3, 0.4) is 0 Å². The van der Waals surface area contributed by atoms with Crippen molar-refractivity contribution in [3.63, 3.8) is 0 Å². The van der Waals surface area contributed by atoms with Crippen LogP contribution in [0.25, 0.3) is 0 Å². The number of hydrogen-bond acceptors (Lipinski definition) is 1. The van der Waals surface area contributed by atoms with E-state index < -0.39 is 0 Å². The fourth-order valence-electron chi connectivity index (χ4n) is 2.21. The zero-order valence-electron chi connectivity index (χ0n) is 13.5. The van der Waals surface area contributed by atoms with Crippen molar-refractivity contribution in [1.29, 1.82) is 0 Å². The van der Waals surface area contributed by atoms with Gasteiger partial charge in [-0.2, -0.15) is 0 Å². The number of rotatable bonds is 9. The topological polar surface area (TPSA) is 15.3 Å². The second-order valence-electron chi connectivity index (χ2n) is 5.46. The number of thiocarbonyl (C=S) groups is 1. The first-order valence-electron chi connectivity index (χ1n) is 8.09. The number of nitrogens with one attached hydrogen (secondary N) is 1. The van der Waals surface area contributed by atoms with Crippen LogP contribution in [0.4, 0.5) is 5.69 Å². The predicted octanol–water partition coefficient (Wildman–Crippen LogP) is 6.37. The van der Waals surface area contributed by atoms with Gasteiger partial charge in [0.2, 0.25) is 0 Å². The summed E-state index contributed by atoms with van der Waals surface area (Å²) in [5.74, 6) is 0. The number of halogens is 2. The van der Waals surface area contributed by atoms with Gasteiger partial charge in [0.15, 0.2) is 5.11 Å². The fourth-order valence-corrected chi connectivity index (χ4v) is 2.95. The number of unbranched alkanes of at least 4 members (excludes halogenated alkanes) is 4. The molecule has 0 spiro atoms. The smallest absolute Gasteiger partial charge is 0.173 e. The molecule has 1 rings (SSSR count). The molecule has 5 heteroatoms. The Balaban J connectivity index is 2.63. The zero-order chi connectivity index (χ0) is 16.4. The van der Waals surface area contributed by atoms with E-state index in [-0.39, 0.29) is 0 Å². The summed E-state index contributed by atoms with van der Waals surface area (Å²) < 4.78 is 0. The molecular formula is C17H26Cl2N2S. The highest BCUT2D eigenvalue weighted by atomic mass is 35.5. The monoisotopic (exact) mass is 360 g/mol. The summed E-state index contributed by atoms with van der Waals surface area (Å²) in [7, 11) is 0. The highest BCUT2D eigenvalue weighted by Gasteiger charge is 2.11. The van der Waals surface area contributed by atoms with E-state index >= 15 is 0 Å². The van der Waals surface area contributed by atoms with Crippen LogP contribution in [0.15, 0.2) is 18.2 Å². The lowest BCUT2D eigenvalue weighted by molar-refractivity contribution is 0.395. The van der Waals surface area contributed by atoms with Gasteiger partial charge in [0.25, 0.3) is 0 Å². The second-order valence-corrected chi connectivity index (χ2v) is 6.69. The largest absolute Gasteiger partial charge is 0.349 e. The summed E-state index contributed by atoms with van der Waals surface area (Å²) >= 11 is 17.7. The number of hydrogen-bond donors (Lipinski definition) is 1. The molecule has 0 aliphatic carbocycles. The SMILES string of the molecule is CCCCCN(CCCCC)C(=S)Nc1ccc(Cl)cc1Cl. The summed E-state index contributed by atoms with van der Waals surface area (Å²) in [5, 5.41) is 5.23. The summed E-state index contributed by atoms with van der Waals surface area (Å²) in [6.07, 6.45) is 7.22. The molecule has 0 amide bonds. The van der Waals surface area contributed by atoms with Gasteiger partial charge >= 0.3 is 0 Å². The number of benzene rings is 1. The summed E-state index contributed by atoms with van der Waals surface area (Å²) in [5.41, 5.74) is 0.812. The zero-order valence-corrected chi connectivity index (χ0v) is 15.8. The Kier molecular flexibility index (Phi) is 9.85. The maximum Gasteiger partial charge on any atom is 0.173 e. The number of nitrogens with zero attached hydrogens (tertiary/aromatic N) is 1. The highest BCUT2D eigenvalue weighted by Crippen LogP contribution is 2.25. The van der Waals surface area contributed by atoms with E-state index in [1.165, 1.54) is 38.5 Å². The Hall–Kier alpha value is -0.510. The van der Waals surface area contributed by atoms with Crippen LogP contribution in [0.5, 0.6) is 0 Å². The molecule has 0 unspecified atom stereocenters. The van der Waals surface area contributed by atoms with Gasteiger partial charge < -0.3 is 10.2 Å². The molecule has 0 saturated heterocycles. The molecular weight excluding hydrogens is 335 g/mol. The lowest BCUT2D eigenvalue weighted by Gasteiger charge is -2.26. The predicted molar refractivity (Wildman–Crippen MR) is 103 cm³/mol. The standard InChI is InChI=1S/C17H26Cl2N2S/c1-3-5-7-11-21(12-8-6-4-2)17(22)20-16-10-9-14(18)13-15(16)19/h9-10,13H,3-8,11-12H2,1-2H3,(H,20,22). The van der Waals surface area contributed by atoms with Crippen molar-refractivity contribution in [2.75, 3.05) is 18.4 Å². The van der Waals surface area contributed by atoms with E-state index in [4.69, 9.17) is 35.4 Å². The van der Waals surface area contributed by atoms with Crippen molar-refractivity contribution in [3.8, 4) is 0 Å². The van der Waals surface area contributed by atoms with Gasteiger partial charge in [-0.25, -0.2) is 0 Å². The Morgan fingerprint density at radius 1 is 1.05 bits per heavy atom. The van der Waals surface area contributed by atoms with Gasteiger partial charge in [-0.15, -0.1) is 0 Å². The Morgan fingerprint density at radius 3 is 2.14 bits per heavy atom. The maximum absolute atomic E-state index is 6.21. The van der Waals surface area contributed by atoms with Crippen LogP contribution in [0, 0.1) is 0 Å². The molecule has 0 radical (unpaired) electrons. The van der Waals surface area contributed by atoms with Crippen molar-refractivity contribution in [2.45, 2.75) is 52.4 Å². The van der Waals surface area contributed by atoms with E-state index in [1.807, 2.05) is 12.1 Å². The van der Waals surface area contributed by atoms with Crippen LogP contribution in [0.2, 0.25) is 10.0 Å². The lowest BCUT2D eigenvalue weighted by atomic mass is 10.2. The van der Waals surface area contributed by atoms with Crippen molar-refractivity contribution in [2.24, 2.45) is 0 Å². The molecule has 0 aromatic heterocycles. The van der Waals surface area contributed by atoms with Crippen LogP contribution < -0.4 is 5.32 Å². The highest BCUT2D eigenvalue weighted by molar-refractivity contribution is 7.80. The minimum Gasteiger partial charge on any atom is -0.349 e. The summed E-state index contributed by atoms with van der Waals surface area (Å²) in [6, 6.07) is 5.41. The first-order chi connectivity index (χ1) is 10.6. The minimum atomic E-state index is 0.594. The van der Waals surface area contributed by atoms with Crippen molar-refractivity contribution < 1.29 is 0 Å². The maximum atomic E-state index is 6.21. The molecule has 0 saturated carbocycles. The van der Waals surface area contributed by atoms with Crippen LogP contribution in [-0.4, -0.2) is 23.1 Å². The Labute approximate surface area is 150 Å². The van der Waals surface area contributed by atoms with Crippen LogP contribution in [-0.2, 0) is 0 Å². The van der Waals surface area contributed by atoms with Crippen LogP contribution >= 0.6 is 35.4 Å². The third kappa shape index (κ3) is 7.17. The normalized spacial score (nSPS) is 10.5. The molecule has 0 aliphatic rings.